The van der Waals surface area contributed by atoms with Crippen molar-refractivity contribution in [1.29, 1.82) is 0 Å². The Hall–Kier alpha value is -0.0800. The van der Waals surface area contributed by atoms with Gasteiger partial charge in [0, 0.05) is 19.8 Å². The van der Waals surface area contributed by atoms with Gasteiger partial charge in [0.2, 0.25) is 0 Å². The zero-order valence-electron chi connectivity index (χ0n) is 12.0. The molecule has 0 spiro atoms. The minimum absolute atomic E-state index is 0.729. The lowest BCUT2D eigenvalue weighted by Crippen LogP contribution is -2.39. The van der Waals surface area contributed by atoms with Gasteiger partial charge in [0.15, 0.2) is 0 Å². The average molecular weight is 241 g/mol. The topological polar surface area (TPSA) is 21.3 Å². The first kappa shape index (κ1) is 15.0. The maximum Gasteiger partial charge on any atom is 0.0462 e. The highest BCUT2D eigenvalue weighted by Gasteiger charge is 2.25. The van der Waals surface area contributed by atoms with Crippen molar-refractivity contribution in [3.05, 3.63) is 0 Å². The number of hydrogen-bond donors (Lipinski definition) is 1. The molecule has 0 aromatic heterocycles. The molecular weight excluding hydrogens is 210 g/mol. The van der Waals surface area contributed by atoms with Crippen LogP contribution < -0.4 is 5.32 Å². The van der Waals surface area contributed by atoms with Gasteiger partial charge in [-0.15, -0.1) is 0 Å². The highest BCUT2D eigenvalue weighted by atomic mass is 16.5. The molecule has 0 aromatic carbocycles. The summed E-state index contributed by atoms with van der Waals surface area (Å²) in [5.41, 5.74) is 0. The monoisotopic (exact) mass is 241 g/mol. The van der Waals surface area contributed by atoms with Gasteiger partial charge in [-0.05, 0) is 50.5 Å². The minimum atomic E-state index is 0.729. The fourth-order valence-corrected chi connectivity index (χ4v) is 3.13. The number of ether oxygens (including phenoxy) is 1. The van der Waals surface area contributed by atoms with Gasteiger partial charge in [0.1, 0.15) is 0 Å². The molecule has 1 rings (SSSR count). The van der Waals surface area contributed by atoms with Crippen LogP contribution in [0.5, 0.6) is 0 Å². The van der Waals surface area contributed by atoms with Gasteiger partial charge < -0.3 is 10.1 Å². The van der Waals surface area contributed by atoms with Crippen molar-refractivity contribution in [1.82, 2.24) is 5.32 Å². The second-order valence-electron chi connectivity index (χ2n) is 5.73. The summed E-state index contributed by atoms with van der Waals surface area (Å²) in [4.78, 5) is 0. The lowest BCUT2D eigenvalue weighted by atomic mass is 9.77. The van der Waals surface area contributed by atoms with Crippen LogP contribution >= 0.6 is 0 Å². The van der Waals surface area contributed by atoms with E-state index >= 15 is 0 Å². The Morgan fingerprint density at radius 2 is 2.18 bits per heavy atom. The molecule has 1 saturated carbocycles. The highest BCUT2D eigenvalue weighted by molar-refractivity contribution is 4.81. The molecule has 0 bridgehead atoms. The van der Waals surface area contributed by atoms with Crippen LogP contribution in [-0.2, 0) is 4.74 Å². The molecule has 2 nitrogen and oxygen atoms in total. The van der Waals surface area contributed by atoms with Gasteiger partial charge in [0.05, 0.1) is 0 Å². The lowest BCUT2D eigenvalue weighted by molar-refractivity contribution is 0.170. The molecule has 1 fully saturated rings. The first-order chi connectivity index (χ1) is 8.27. The number of rotatable bonds is 8. The predicted octanol–water partition coefficient (Wildman–Crippen LogP) is 3.61. The summed E-state index contributed by atoms with van der Waals surface area (Å²) >= 11 is 0. The Labute approximate surface area is 108 Å². The van der Waals surface area contributed by atoms with Crippen molar-refractivity contribution in [3.8, 4) is 0 Å². The molecular formula is C15H31NO. The maximum absolute atomic E-state index is 5.18. The van der Waals surface area contributed by atoms with Crippen LogP contribution in [0.3, 0.4) is 0 Å². The van der Waals surface area contributed by atoms with Crippen LogP contribution in [0.25, 0.3) is 0 Å². The molecule has 3 unspecified atom stereocenters. The summed E-state index contributed by atoms with van der Waals surface area (Å²) in [6.45, 7) is 6.75. The highest BCUT2D eigenvalue weighted by Crippen LogP contribution is 2.32. The van der Waals surface area contributed by atoms with E-state index in [0.29, 0.717) is 0 Å². The van der Waals surface area contributed by atoms with E-state index in [0.717, 1.165) is 24.5 Å². The van der Waals surface area contributed by atoms with Crippen molar-refractivity contribution < 1.29 is 4.74 Å². The van der Waals surface area contributed by atoms with E-state index in [4.69, 9.17) is 4.74 Å². The van der Waals surface area contributed by atoms with Gasteiger partial charge in [-0.2, -0.15) is 0 Å². The number of nitrogens with one attached hydrogen (secondary N) is 1. The van der Waals surface area contributed by atoms with Crippen molar-refractivity contribution in [2.75, 3.05) is 20.3 Å². The Kier molecular flexibility index (Phi) is 7.87. The number of hydrogen-bond acceptors (Lipinski definition) is 2. The van der Waals surface area contributed by atoms with Crippen molar-refractivity contribution in [3.63, 3.8) is 0 Å². The van der Waals surface area contributed by atoms with Gasteiger partial charge in [-0.1, -0.05) is 26.7 Å². The van der Waals surface area contributed by atoms with Crippen LogP contribution in [0.15, 0.2) is 0 Å². The fraction of sp³-hybridized carbons (Fsp3) is 1.00. The molecule has 3 atom stereocenters. The van der Waals surface area contributed by atoms with E-state index < -0.39 is 0 Å². The quantitative estimate of drug-likeness (QED) is 0.656. The molecule has 0 heterocycles. The lowest BCUT2D eigenvalue weighted by Gasteiger charge is -2.34. The molecule has 0 amide bonds. The summed E-state index contributed by atoms with van der Waals surface area (Å²) in [7, 11) is 1.80. The Morgan fingerprint density at radius 1 is 1.35 bits per heavy atom. The zero-order chi connectivity index (χ0) is 12.5. The summed E-state index contributed by atoms with van der Waals surface area (Å²) in [6, 6.07) is 0.729. The summed E-state index contributed by atoms with van der Waals surface area (Å²) in [5, 5.41) is 3.76. The Morgan fingerprint density at radius 3 is 2.82 bits per heavy atom. The molecule has 1 aliphatic carbocycles. The third kappa shape index (κ3) is 5.87. The van der Waals surface area contributed by atoms with Gasteiger partial charge >= 0.3 is 0 Å². The Bertz CT molecular complexity index is 184. The summed E-state index contributed by atoms with van der Waals surface area (Å²) in [5.74, 6) is 1.84. The third-order valence-electron chi connectivity index (χ3n) is 4.07. The van der Waals surface area contributed by atoms with Crippen molar-refractivity contribution in [2.24, 2.45) is 11.8 Å². The average Bonchev–Trinajstić information content (AvgIpc) is 2.33. The smallest absolute Gasteiger partial charge is 0.0462 e. The second kappa shape index (κ2) is 8.93. The van der Waals surface area contributed by atoms with Crippen molar-refractivity contribution in [2.45, 2.75) is 64.8 Å². The van der Waals surface area contributed by atoms with E-state index in [1.807, 2.05) is 0 Å². The molecule has 17 heavy (non-hydrogen) atoms. The van der Waals surface area contributed by atoms with E-state index in [-0.39, 0.29) is 0 Å². The van der Waals surface area contributed by atoms with Crippen LogP contribution in [0.2, 0.25) is 0 Å². The van der Waals surface area contributed by atoms with E-state index in [2.05, 4.69) is 19.2 Å². The number of methoxy groups -OCH3 is 1. The standard InChI is InChI=1S/C15H31NO/c1-4-10-16-15(9-6-11-17-3)14-8-5-7-13(2)12-14/h13-16H,4-12H2,1-3H3. The third-order valence-corrected chi connectivity index (χ3v) is 4.07. The zero-order valence-corrected chi connectivity index (χ0v) is 12.0. The summed E-state index contributed by atoms with van der Waals surface area (Å²) in [6.07, 6.45) is 9.44. The van der Waals surface area contributed by atoms with Crippen LogP contribution in [-0.4, -0.2) is 26.3 Å². The van der Waals surface area contributed by atoms with E-state index in [9.17, 15) is 0 Å². The minimum Gasteiger partial charge on any atom is -0.385 e. The van der Waals surface area contributed by atoms with Gasteiger partial charge in [-0.25, -0.2) is 0 Å². The van der Waals surface area contributed by atoms with Gasteiger partial charge in [-0.3, -0.25) is 0 Å². The normalized spacial score (nSPS) is 27.0. The van der Waals surface area contributed by atoms with E-state index in [1.54, 1.807) is 7.11 Å². The predicted molar refractivity (Wildman–Crippen MR) is 74.3 cm³/mol. The molecule has 0 aromatic rings. The molecule has 102 valence electrons. The fourth-order valence-electron chi connectivity index (χ4n) is 3.13. The van der Waals surface area contributed by atoms with Crippen LogP contribution in [0.1, 0.15) is 58.8 Å². The summed E-state index contributed by atoms with van der Waals surface area (Å²) < 4.78 is 5.18. The molecule has 1 N–H and O–H groups in total. The van der Waals surface area contributed by atoms with Crippen molar-refractivity contribution >= 4 is 0 Å². The van der Waals surface area contributed by atoms with E-state index in [1.165, 1.54) is 51.5 Å². The van der Waals surface area contributed by atoms with Crippen LogP contribution in [0, 0.1) is 11.8 Å². The second-order valence-corrected chi connectivity index (χ2v) is 5.73. The molecule has 0 aliphatic heterocycles. The molecule has 2 heteroatoms. The maximum atomic E-state index is 5.18. The molecule has 1 aliphatic rings. The Balaban J connectivity index is 2.36. The van der Waals surface area contributed by atoms with Crippen LogP contribution in [0.4, 0.5) is 0 Å². The first-order valence-electron chi connectivity index (χ1n) is 7.50. The molecule has 0 saturated heterocycles. The first-order valence-corrected chi connectivity index (χ1v) is 7.50. The largest absolute Gasteiger partial charge is 0.385 e. The van der Waals surface area contributed by atoms with Gasteiger partial charge in [0.25, 0.3) is 0 Å². The SMILES string of the molecule is CCCNC(CCCOC)C1CCCC(C)C1. The molecule has 0 radical (unpaired) electrons.